The number of halogens is 1. The maximum Gasteiger partial charge on any atom is 0.232 e. The van der Waals surface area contributed by atoms with Crippen LogP contribution in [0.3, 0.4) is 0 Å². The molecule has 0 saturated heterocycles. The zero-order valence-electron chi connectivity index (χ0n) is 8.78. The van der Waals surface area contributed by atoms with E-state index in [1.165, 1.54) is 0 Å². The Hall–Kier alpha value is -0.840. The van der Waals surface area contributed by atoms with Crippen molar-refractivity contribution in [3.05, 3.63) is 10.7 Å². The Labute approximate surface area is 92.4 Å². The summed E-state index contributed by atoms with van der Waals surface area (Å²) in [5.74, 6) is 1.22. The van der Waals surface area contributed by atoms with Gasteiger partial charge in [0, 0.05) is 13.1 Å². The molecular formula is C9H14BrN3O. The van der Waals surface area contributed by atoms with Crippen LogP contribution in [0.15, 0.2) is 10.7 Å². The minimum atomic E-state index is 0.362. The highest BCUT2D eigenvalue weighted by Crippen LogP contribution is 2.23. The van der Waals surface area contributed by atoms with Gasteiger partial charge >= 0.3 is 0 Å². The van der Waals surface area contributed by atoms with Crippen molar-refractivity contribution in [1.82, 2.24) is 9.97 Å². The monoisotopic (exact) mass is 259 g/mol. The Kier molecular flexibility index (Phi) is 3.69. The molecule has 0 spiro atoms. The first-order valence-electron chi connectivity index (χ1n) is 4.35. The summed E-state index contributed by atoms with van der Waals surface area (Å²) in [5.41, 5.74) is 0. The van der Waals surface area contributed by atoms with Gasteiger partial charge in [0.25, 0.3) is 0 Å². The first-order chi connectivity index (χ1) is 6.56. The largest absolute Gasteiger partial charge is 0.480 e. The van der Waals surface area contributed by atoms with Gasteiger partial charge in [0.2, 0.25) is 11.8 Å². The minimum absolute atomic E-state index is 0.362. The summed E-state index contributed by atoms with van der Waals surface area (Å²) < 4.78 is 5.86. The first-order valence-corrected chi connectivity index (χ1v) is 5.15. The van der Waals surface area contributed by atoms with Gasteiger partial charge in [-0.15, -0.1) is 0 Å². The van der Waals surface area contributed by atoms with Crippen molar-refractivity contribution in [1.29, 1.82) is 0 Å². The van der Waals surface area contributed by atoms with Crippen LogP contribution in [0.2, 0.25) is 0 Å². The summed E-state index contributed by atoms with van der Waals surface area (Å²) in [6.07, 6.45) is 1.69. The van der Waals surface area contributed by atoms with Gasteiger partial charge in [0.1, 0.15) is 0 Å². The van der Waals surface area contributed by atoms with Crippen LogP contribution in [0.1, 0.15) is 13.8 Å². The molecule has 0 radical (unpaired) electrons. The number of aromatic nitrogens is 2. The molecule has 0 bridgehead atoms. The van der Waals surface area contributed by atoms with Crippen LogP contribution in [0.4, 0.5) is 5.95 Å². The molecule has 1 aromatic heterocycles. The fourth-order valence-electron chi connectivity index (χ4n) is 0.887. The van der Waals surface area contributed by atoms with Crippen LogP contribution in [-0.2, 0) is 0 Å². The van der Waals surface area contributed by atoms with Crippen LogP contribution >= 0.6 is 15.9 Å². The number of methoxy groups -OCH3 is 1. The number of rotatable bonds is 3. The fourth-order valence-corrected chi connectivity index (χ4v) is 1.24. The van der Waals surface area contributed by atoms with Gasteiger partial charge in [-0.1, -0.05) is 0 Å². The smallest absolute Gasteiger partial charge is 0.232 e. The van der Waals surface area contributed by atoms with Crippen LogP contribution in [0.25, 0.3) is 0 Å². The highest BCUT2D eigenvalue weighted by atomic mass is 79.9. The van der Waals surface area contributed by atoms with Gasteiger partial charge in [-0.3, -0.25) is 0 Å². The zero-order valence-corrected chi connectivity index (χ0v) is 10.4. The highest BCUT2D eigenvalue weighted by molar-refractivity contribution is 9.10. The van der Waals surface area contributed by atoms with Crippen molar-refractivity contribution >= 4 is 21.9 Å². The van der Waals surface area contributed by atoms with Gasteiger partial charge in [0.05, 0.1) is 17.8 Å². The van der Waals surface area contributed by atoms with E-state index < -0.39 is 0 Å². The third-order valence-corrected chi connectivity index (χ3v) is 2.53. The molecule has 0 aliphatic carbocycles. The van der Waals surface area contributed by atoms with Gasteiger partial charge in [-0.2, -0.15) is 4.98 Å². The molecule has 0 aromatic carbocycles. The molecule has 0 saturated carbocycles. The third kappa shape index (κ3) is 2.35. The minimum Gasteiger partial charge on any atom is -0.480 e. The molecule has 0 unspecified atom stereocenters. The molecule has 0 amide bonds. The van der Waals surface area contributed by atoms with Gasteiger partial charge in [-0.05, 0) is 29.8 Å². The van der Waals surface area contributed by atoms with Crippen molar-refractivity contribution in [2.45, 2.75) is 19.9 Å². The number of hydrogen-bond acceptors (Lipinski definition) is 4. The molecule has 1 rings (SSSR count). The number of hydrogen-bond donors (Lipinski definition) is 0. The highest BCUT2D eigenvalue weighted by Gasteiger charge is 2.10. The lowest BCUT2D eigenvalue weighted by atomic mass is 10.4. The second-order valence-corrected chi connectivity index (χ2v) is 4.09. The molecule has 78 valence electrons. The van der Waals surface area contributed by atoms with E-state index in [4.69, 9.17) is 4.74 Å². The summed E-state index contributed by atoms with van der Waals surface area (Å²) in [6.45, 7) is 4.16. The Morgan fingerprint density at radius 2 is 2.14 bits per heavy atom. The summed E-state index contributed by atoms with van der Waals surface area (Å²) in [6, 6.07) is 0.362. The van der Waals surface area contributed by atoms with Gasteiger partial charge in [0.15, 0.2) is 0 Å². The predicted molar refractivity (Wildman–Crippen MR) is 59.8 cm³/mol. The van der Waals surface area contributed by atoms with Crippen LogP contribution in [-0.4, -0.2) is 30.2 Å². The summed E-state index contributed by atoms with van der Waals surface area (Å²) in [7, 11) is 3.54. The van der Waals surface area contributed by atoms with Crippen molar-refractivity contribution in [3.63, 3.8) is 0 Å². The normalized spacial score (nSPS) is 10.4. The lowest BCUT2D eigenvalue weighted by Gasteiger charge is -2.21. The van der Waals surface area contributed by atoms with Crippen LogP contribution in [0.5, 0.6) is 5.88 Å². The third-order valence-electron chi connectivity index (χ3n) is 1.98. The molecule has 0 N–H and O–H groups in total. The molecule has 1 heterocycles. The SMILES string of the molecule is COc1nc(N(C)C(C)C)ncc1Br. The first kappa shape index (κ1) is 11.2. The van der Waals surface area contributed by atoms with Crippen molar-refractivity contribution in [3.8, 4) is 5.88 Å². The van der Waals surface area contributed by atoms with E-state index in [-0.39, 0.29) is 0 Å². The molecule has 14 heavy (non-hydrogen) atoms. The molecular weight excluding hydrogens is 246 g/mol. The average molecular weight is 260 g/mol. The molecule has 0 atom stereocenters. The van der Waals surface area contributed by atoms with Crippen molar-refractivity contribution in [2.75, 3.05) is 19.1 Å². The molecule has 0 aliphatic heterocycles. The summed E-state index contributed by atoms with van der Waals surface area (Å²) >= 11 is 3.31. The topological polar surface area (TPSA) is 38.2 Å². The van der Waals surface area contributed by atoms with E-state index in [9.17, 15) is 0 Å². The van der Waals surface area contributed by atoms with Gasteiger partial charge < -0.3 is 9.64 Å². The van der Waals surface area contributed by atoms with Crippen LogP contribution < -0.4 is 9.64 Å². The number of anilines is 1. The Balaban J connectivity index is 3.00. The lowest BCUT2D eigenvalue weighted by Crippen LogP contribution is -2.27. The predicted octanol–water partition coefficient (Wildman–Crippen LogP) is 2.09. The van der Waals surface area contributed by atoms with E-state index in [1.807, 2.05) is 11.9 Å². The molecule has 4 nitrogen and oxygen atoms in total. The quantitative estimate of drug-likeness (QED) is 0.834. The Morgan fingerprint density at radius 1 is 1.50 bits per heavy atom. The summed E-state index contributed by atoms with van der Waals surface area (Å²) in [5, 5.41) is 0. The van der Waals surface area contributed by atoms with Gasteiger partial charge in [-0.25, -0.2) is 4.98 Å². The van der Waals surface area contributed by atoms with E-state index in [2.05, 4.69) is 39.7 Å². The standard InChI is InChI=1S/C9H14BrN3O/c1-6(2)13(3)9-11-5-7(10)8(12-9)14-4/h5-6H,1-4H3. The van der Waals surface area contributed by atoms with Crippen molar-refractivity contribution < 1.29 is 4.74 Å². The maximum atomic E-state index is 5.09. The average Bonchev–Trinajstić information content (AvgIpc) is 2.17. The zero-order chi connectivity index (χ0) is 10.7. The maximum absolute atomic E-state index is 5.09. The van der Waals surface area contributed by atoms with E-state index in [0.29, 0.717) is 17.9 Å². The van der Waals surface area contributed by atoms with E-state index in [1.54, 1.807) is 13.3 Å². The Morgan fingerprint density at radius 3 is 2.64 bits per heavy atom. The fraction of sp³-hybridized carbons (Fsp3) is 0.556. The number of nitrogens with zero attached hydrogens (tertiary/aromatic N) is 3. The van der Waals surface area contributed by atoms with Crippen molar-refractivity contribution in [2.24, 2.45) is 0 Å². The van der Waals surface area contributed by atoms with E-state index >= 15 is 0 Å². The second-order valence-electron chi connectivity index (χ2n) is 3.23. The Bertz CT molecular complexity index is 317. The molecule has 5 heteroatoms. The molecule has 1 aromatic rings. The van der Waals surface area contributed by atoms with Crippen LogP contribution in [0, 0.1) is 0 Å². The second kappa shape index (κ2) is 4.59. The van der Waals surface area contributed by atoms with E-state index in [0.717, 1.165) is 4.47 Å². The number of ether oxygens (including phenoxy) is 1. The lowest BCUT2D eigenvalue weighted by molar-refractivity contribution is 0.393. The summed E-state index contributed by atoms with van der Waals surface area (Å²) in [4.78, 5) is 10.4. The molecule has 0 aliphatic rings. The molecule has 0 fully saturated rings.